The predicted molar refractivity (Wildman–Crippen MR) is 96.8 cm³/mol. The molecule has 138 valence electrons. The van der Waals surface area contributed by atoms with E-state index in [1.54, 1.807) is 53.4 Å². The molecule has 2 aromatic rings. The Kier molecular flexibility index (Phi) is 5.83. The lowest BCUT2D eigenvalue weighted by atomic mass is 10.1. The molecule has 26 heavy (non-hydrogen) atoms. The van der Waals surface area contributed by atoms with E-state index in [-0.39, 0.29) is 24.2 Å². The van der Waals surface area contributed by atoms with Crippen LogP contribution in [-0.4, -0.2) is 48.4 Å². The Balaban J connectivity index is 1.46. The maximum Gasteiger partial charge on any atom is 0.227 e. The molecule has 0 spiro atoms. The van der Waals surface area contributed by atoms with Crippen LogP contribution in [0.25, 0.3) is 0 Å². The number of likely N-dealkylation sites (tertiary alicyclic amines) is 1. The molecule has 0 bridgehead atoms. The Morgan fingerprint density at radius 3 is 2.81 bits per heavy atom. The molecule has 1 aromatic heterocycles. The number of carbonyl (C=O) groups is 2. The largest absolute Gasteiger partial charge is 0.492 e. The van der Waals surface area contributed by atoms with Gasteiger partial charge < -0.3 is 19.0 Å². The summed E-state index contributed by atoms with van der Waals surface area (Å²) in [4.78, 5) is 28.0. The molecule has 0 radical (unpaired) electrons. The van der Waals surface area contributed by atoms with E-state index in [2.05, 4.69) is 0 Å². The number of carbonyl (C=O) groups excluding carboxylic acids is 2. The number of rotatable bonds is 7. The van der Waals surface area contributed by atoms with Gasteiger partial charge >= 0.3 is 0 Å². The number of hydrogen-bond donors (Lipinski definition) is 0. The number of amides is 2. The van der Waals surface area contributed by atoms with Gasteiger partial charge in [-0.15, -0.1) is 0 Å². The third-order valence-electron chi connectivity index (χ3n) is 4.38. The summed E-state index contributed by atoms with van der Waals surface area (Å²) in [6.07, 6.45) is 1.81. The van der Waals surface area contributed by atoms with Crippen molar-refractivity contribution in [2.45, 2.75) is 13.0 Å². The van der Waals surface area contributed by atoms with Crippen molar-refractivity contribution in [3.8, 4) is 5.75 Å². The Labute approximate surface area is 157 Å². The van der Waals surface area contributed by atoms with Gasteiger partial charge in [-0.25, -0.2) is 0 Å². The monoisotopic (exact) mass is 376 g/mol. The third-order valence-corrected chi connectivity index (χ3v) is 4.63. The van der Waals surface area contributed by atoms with E-state index in [4.69, 9.17) is 20.8 Å². The van der Waals surface area contributed by atoms with Crippen LogP contribution < -0.4 is 4.74 Å². The van der Waals surface area contributed by atoms with Gasteiger partial charge in [0.05, 0.1) is 25.3 Å². The Morgan fingerprint density at radius 1 is 1.35 bits per heavy atom. The highest BCUT2D eigenvalue weighted by atomic mass is 35.5. The lowest BCUT2D eigenvalue weighted by molar-refractivity contribution is -0.134. The summed E-state index contributed by atoms with van der Waals surface area (Å²) in [7, 11) is 1.73. The summed E-state index contributed by atoms with van der Waals surface area (Å²) in [6, 6.07) is 10.7. The smallest absolute Gasteiger partial charge is 0.227 e. The van der Waals surface area contributed by atoms with Crippen molar-refractivity contribution in [3.63, 3.8) is 0 Å². The van der Waals surface area contributed by atoms with Gasteiger partial charge in [0.1, 0.15) is 18.1 Å². The molecule has 1 aliphatic heterocycles. The number of furan rings is 1. The van der Waals surface area contributed by atoms with Crippen LogP contribution in [0.5, 0.6) is 5.75 Å². The lowest BCUT2D eigenvalue weighted by Crippen LogP contribution is -2.37. The van der Waals surface area contributed by atoms with Crippen LogP contribution in [0.1, 0.15) is 12.2 Å². The fourth-order valence-electron chi connectivity index (χ4n) is 2.93. The van der Waals surface area contributed by atoms with Crippen LogP contribution in [0.3, 0.4) is 0 Å². The minimum absolute atomic E-state index is 0.0226. The normalized spacial score (nSPS) is 16.8. The maximum absolute atomic E-state index is 12.6. The van der Waals surface area contributed by atoms with Crippen molar-refractivity contribution in [2.24, 2.45) is 5.92 Å². The first-order chi connectivity index (χ1) is 12.5. The molecule has 7 heteroatoms. The average Bonchev–Trinajstić information content (AvgIpc) is 3.26. The van der Waals surface area contributed by atoms with Crippen molar-refractivity contribution in [1.29, 1.82) is 0 Å². The summed E-state index contributed by atoms with van der Waals surface area (Å²) in [5, 5.41) is 0.648. The number of hydrogen-bond acceptors (Lipinski definition) is 4. The van der Waals surface area contributed by atoms with Gasteiger partial charge in [0.25, 0.3) is 0 Å². The van der Waals surface area contributed by atoms with Crippen molar-refractivity contribution >= 4 is 23.4 Å². The highest BCUT2D eigenvalue weighted by Crippen LogP contribution is 2.22. The van der Waals surface area contributed by atoms with E-state index >= 15 is 0 Å². The molecule has 1 fully saturated rings. The van der Waals surface area contributed by atoms with Crippen molar-refractivity contribution in [2.75, 3.05) is 26.7 Å². The summed E-state index contributed by atoms with van der Waals surface area (Å²) in [5.41, 5.74) is 0. The molecule has 6 nitrogen and oxygen atoms in total. The number of likely N-dealkylation sites (N-methyl/N-ethyl adjacent to an activating group) is 1. The predicted octanol–water partition coefficient (Wildman–Crippen LogP) is 2.82. The summed E-state index contributed by atoms with van der Waals surface area (Å²) < 4.78 is 10.9. The van der Waals surface area contributed by atoms with Gasteiger partial charge in [-0.2, -0.15) is 0 Å². The lowest BCUT2D eigenvalue weighted by Gasteiger charge is -2.21. The molecule has 0 aliphatic carbocycles. The van der Waals surface area contributed by atoms with Gasteiger partial charge in [-0.05, 0) is 36.4 Å². The second-order valence-electron chi connectivity index (χ2n) is 6.32. The standard InChI is InChI=1S/C19H21ClN2O4/c1-21(8-10-26-16-6-4-15(20)5-7-16)19(24)14-11-18(23)22(12-14)13-17-3-2-9-25-17/h2-7,9,14H,8,10-13H2,1H3/t14-/m1/s1. The van der Waals surface area contributed by atoms with Crippen molar-refractivity contribution < 1.29 is 18.7 Å². The minimum atomic E-state index is -0.321. The van der Waals surface area contributed by atoms with E-state index in [1.165, 1.54) is 0 Å². The highest BCUT2D eigenvalue weighted by Gasteiger charge is 2.35. The van der Waals surface area contributed by atoms with Crippen LogP contribution in [0.2, 0.25) is 5.02 Å². The molecule has 2 heterocycles. The fraction of sp³-hybridized carbons (Fsp3) is 0.368. The van der Waals surface area contributed by atoms with E-state index in [9.17, 15) is 9.59 Å². The van der Waals surface area contributed by atoms with Gasteiger partial charge in [-0.3, -0.25) is 9.59 Å². The quantitative estimate of drug-likeness (QED) is 0.745. The molecular formula is C19H21ClN2O4. The van der Waals surface area contributed by atoms with Crippen LogP contribution in [0, 0.1) is 5.92 Å². The maximum atomic E-state index is 12.6. The zero-order chi connectivity index (χ0) is 18.5. The molecule has 2 amide bonds. The zero-order valence-electron chi connectivity index (χ0n) is 14.6. The Bertz CT molecular complexity index is 745. The SMILES string of the molecule is CN(CCOc1ccc(Cl)cc1)C(=O)[C@@H]1CC(=O)N(Cc2ccco2)C1. The first-order valence-electron chi connectivity index (χ1n) is 8.46. The Hall–Kier alpha value is -2.47. The summed E-state index contributed by atoms with van der Waals surface area (Å²) in [5.74, 6) is 1.04. The van der Waals surface area contributed by atoms with Crippen molar-refractivity contribution in [3.05, 3.63) is 53.4 Å². The van der Waals surface area contributed by atoms with Crippen LogP contribution in [0.4, 0.5) is 0 Å². The third kappa shape index (κ3) is 4.58. The van der Waals surface area contributed by atoms with Crippen molar-refractivity contribution in [1.82, 2.24) is 9.80 Å². The molecule has 1 saturated heterocycles. The molecule has 0 unspecified atom stereocenters. The summed E-state index contributed by atoms with van der Waals surface area (Å²) >= 11 is 5.83. The van der Waals surface area contributed by atoms with Gasteiger partial charge in [0.2, 0.25) is 11.8 Å². The molecule has 3 rings (SSSR count). The highest BCUT2D eigenvalue weighted by molar-refractivity contribution is 6.30. The van der Waals surface area contributed by atoms with E-state index < -0.39 is 0 Å². The topological polar surface area (TPSA) is 63.0 Å². The molecular weight excluding hydrogens is 356 g/mol. The fourth-order valence-corrected chi connectivity index (χ4v) is 3.06. The van der Waals surface area contributed by atoms with Gasteiger partial charge in [-0.1, -0.05) is 11.6 Å². The molecule has 1 aromatic carbocycles. The first kappa shape index (κ1) is 18.3. The number of benzene rings is 1. The summed E-state index contributed by atoms with van der Waals surface area (Å²) in [6.45, 7) is 1.64. The number of halogens is 1. The molecule has 1 aliphatic rings. The second kappa shape index (κ2) is 8.27. The molecule has 0 N–H and O–H groups in total. The second-order valence-corrected chi connectivity index (χ2v) is 6.75. The van der Waals surface area contributed by atoms with Crippen LogP contribution in [-0.2, 0) is 16.1 Å². The number of nitrogens with zero attached hydrogens (tertiary/aromatic N) is 2. The molecule has 1 atom stereocenters. The zero-order valence-corrected chi connectivity index (χ0v) is 15.3. The van der Waals surface area contributed by atoms with Crippen LogP contribution >= 0.6 is 11.6 Å². The Morgan fingerprint density at radius 2 is 2.12 bits per heavy atom. The van der Waals surface area contributed by atoms with E-state index in [0.29, 0.717) is 37.0 Å². The van der Waals surface area contributed by atoms with Gasteiger partial charge in [0.15, 0.2) is 0 Å². The van der Waals surface area contributed by atoms with E-state index in [1.807, 2.05) is 6.07 Å². The van der Waals surface area contributed by atoms with Crippen LogP contribution in [0.15, 0.2) is 47.1 Å². The average molecular weight is 377 g/mol. The number of ether oxygens (including phenoxy) is 1. The van der Waals surface area contributed by atoms with E-state index in [0.717, 1.165) is 5.76 Å². The first-order valence-corrected chi connectivity index (χ1v) is 8.84. The molecule has 0 saturated carbocycles. The minimum Gasteiger partial charge on any atom is -0.492 e. The van der Waals surface area contributed by atoms with Gasteiger partial charge in [0, 0.05) is 25.0 Å².